The monoisotopic (exact) mass is 263 g/mol. The van der Waals surface area contributed by atoms with Gasteiger partial charge in [0.1, 0.15) is 0 Å². The van der Waals surface area contributed by atoms with Crippen LogP contribution in [0, 0.1) is 0 Å². The van der Waals surface area contributed by atoms with Gasteiger partial charge in [-0.05, 0) is 24.5 Å². The highest BCUT2D eigenvalue weighted by Gasteiger charge is 2.23. The number of nitrogens with two attached hydrogens (primary N) is 1. The molecule has 0 bridgehead atoms. The van der Waals surface area contributed by atoms with Crippen molar-refractivity contribution in [2.75, 3.05) is 11.1 Å². The molecule has 1 aromatic carbocycles. The predicted octanol–water partition coefficient (Wildman–Crippen LogP) is 2.14. The second-order valence-electron chi connectivity index (χ2n) is 4.46. The van der Waals surface area contributed by atoms with Crippen LogP contribution in [0.15, 0.2) is 24.3 Å². The van der Waals surface area contributed by atoms with Crippen molar-refractivity contribution in [1.29, 1.82) is 0 Å². The normalized spacial score (nSPS) is 14.7. The van der Waals surface area contributed by atoms with E-state index in [0.717, 1.165) is 5.56 Å². The molecule has 0 atom stereocenters. The van der Waals surface area contributed by atoms with Crippen molar-refractivity contribution >= 4 is 23.5 Å². The summed E-state index contributed by atoms with van der Waals surface area (Å²) in [5.74, 6) is 1.00. The second kappa shape index (κ2) is 4.49. The van der Waals surface area contributed by atoms with E-state index in [-0.39, 0.29) is 0 Å². The van der Waals surface area contributed by atoms with Crippen molar-refractivity contribution in [2.24, 2.45) is 0 Å². The summed E-state index contributed by atoms with van der Waals surface area (Å²) in [5, 5.41) is 8.27. The molecule has 0 radical (unpaired) electrons. The Morgan fingerprint density at radius 1 is 1.39 bits per heavy atom. The molecule has 0 saturated heterocycles. The minimum atomic E-state index is 0.401. The van der Waals surface area contributed by atoms with Crippen LogP contribution in [0.1, 0.15) is 18.4 Å². The van der Waals surface area contributed by atoms with Crippen LogP contribution < -0.4 is 11.1 Å². The van der Waals surface area contributed by atoms with E-state index >= 15 is 0 Å². The quantitative estimate of drug-likeness (QED) is 0.887. The summed E-state index contributed by atoms with van der Waals surface area (Å²) in [7, 11) is 0. The maximum Gasteiger partial charge on any atom is 0.244 e. The highest BCUT2D eigenvalue weighted by atomic mass is 35.5. The highest BCUT2D eigenvalue weighted by Crippen LogP contribution is 2.24. The second-order valence-corrected chi connectivity index (χ2v) is 4.87. The number of aromatic nitrogens is 3. The Labute approximate surface area is 110 Å². The molecule has 18 heavy (non-hydrogen) atoms. The molecule has 1 fully saturated rings. The first kappa shape index (κ1) is 11.3. The van der Waals surface area contributed by atoms with Crippen molar-refractivity contribution in [3.8, 4) is 0 Å². The topological polar surface area (TPSA) is 68.8 Å². The van der Waals surface area contributed by atoms with Crippen molar-refractivity contribution < 1.29 is 0 Å². The molecule has 1 aromatic heterocycles. The summed E-state index contributed by atoms with van der Waals surface area (Å²) >= 11 is 6.11. The van der Waals surface area contributed by atoms with Crippen LogP contribution in [-0.4, -0.2) is 20.8 Å². The summed E-state index contributed by atoms with van der Waals surface area (Å²) in [4.78, 5) is 4.19. The number of nitrogens with one attached hydrogen (secondary N) is 1. The zero-order chi connectivity index (χ0) is 12.5. The number of halogens is 1. The number of anilines is 2. The third kappa shape index (κ3) is 2.41. The smallest absolute Gasteiger partial charge is 0.244 e. The van der Waals surface area contributed by atoms with Crippen molar-refractivity contribution in [3.05, 3.63) is 34.9 Å². The highest BCUT2D eigenvalue weighted by molar-refractivity contribution is 6.31. The molecule has 1 saturated carbocycles. The summed E-state index contributed by atoms with van der Waals surface area (Å²) < 4.78 is 1.66. The molecule has 5 nitrogen and oxygen atoms in total. The summed E-state index contributed by atoms with van der Waals surface area (Å²) in [6, 6.07) is 8.17. The number of nitrogens with zero attached hydrogens (tertiary/aromatic N) is 3. The zero-order valence-corrected chi connectivity index (χ0v) is 10.6. The molecule has 94 valence electrons. The molecule has 1 aliphatic carbocycles. The molecule has 3 rings (SSSR count). The molecular weight excluding hydrogens is 250 g/mol. The van der Waals surface area contributed by atoms with Gasteiger partial charge in [-0.3, -0.25) is 0 Å². The molecule has 0 amide bonds. The van der Waals surface area contributed by atoms with Gasteiger partial charge in [-0.15, -0.1) is 5.10 Å². The summed E-state index contributed by atoms with van der Waals surface area (Å²) in [6.07, 6.45) is 2.36. The molecule has 0 spiro atoms. The molecule has 0 unspecified atom stereocenters. The lowest BCUT2D eigenvalue weighted by Gasteiger charge is -2.04. The lowest BCUT2D eigenvalue weighted by molar-refractivity contribution is 0.697. The van der Waals surface area contributed by atoms with Gasteiger partial charge in [0.25, 0.3) is 0 Å². The van der Waals surface area contributed by atoms with Crippen molar-refractivity contribution in [2.45, 2.75) is 25.4 Å². The fourth-order valence-corrected chi connectivity index (χ4v) is 1.93. The zero-order valence-electron chi connectivity index (χ0n) is 9.81. The number of nitrogen functional groups attached to an aromatic ring is 1. The molecular formula is C12H14ClN5. The molecule has 6 heteroatoms. The van der Waals surface area contributed by atoms with E-state index in [4.69, 9.17) is 17.3 Å². The van der Waals surface area contributed by atoms with E-state index < -0.39 is 0 Å². The average molecular weight is 264 g/mol. The predicted molar refractivity (Wildman–Crippen MR) is 71.6 cm³/mol. The number of hydrogen-bond donors (Lipinski definition) is 2. The van der Waals surface area contributed by atoms with Gasteiger partial charge >= 0.3 is 0 Å². The van der Waals surface area contributed by atoms with E-state index in [1.54, 1.807) is 4.68 Å². The van der Waals surface area contributed by atoms with E-state index in [1.165, 1.54) is 12.8 Å². The van der Waals surface area contributed by atoms with Crippen LogP contribution in [-0.2, 0) is 6.54 Å². The Bertz CT molecular complexity index is 561. The summed E-state index contributed by atoms with van der Waals surface area (Å²) in [6.45, 7) is 0.533. The minimum Gasteiger partial charge on any atom is -0.368 e. The van der Waals surface area contributed by atoms with E-state index in [1.807, 2.05) is 24.3 Å². The molecule has 3 N–H and O–H groups in total. The Hall–Kier alpha value is -1.75. The van der Waals surface area contributed by atoms with Gasteiger partial charge in [0, 0.05) is 11.1 Å². The van der Waals surface area contributed by atoms with Crippen LogP contribution in [0.25, 0.3) is 0 Å². The van der Waals surface area contributed by atoms with Gasteiger partial charge in [-0.1, -0.05) is 29.8 Å². The van der Waals surface area contributed by atoms with Crippen LogP contribution in [0.2, 0.25) is 5.02 Å². The fraction of sp³-hybridized carbons (Fsp3) is 0.333. The lowest BCUT2D eigenvalue weighted by atomic mass is 10.2. The van der Waals surface area contributed by atoms with Gasteiger partial charge in [-0.25, -0.2) is 4.68 Å². The Balaban J connectivity index is 1.79. The Kier molecular flexibility index (Phi) is 2.83. The Morgan fingerprint density at radius 3 is 2.89 bits per heavy atom. The average Bonchev–Trinajstić information content (AvgIpc) is 3.08. The third-order valence-corrected chi connectivity index (χ3v) is 3.26. The van der Waals surface area contributed by atoms with Crippen LogP contribution >= 0.6 is 11.6 Å². The van der Waals surface area contributed by atoms with Gasteiger partial charge in [-0.2, -0.15) is 4.98 Å². The maximum atomic E-state index is 6.11. The molecule has 1 aliphatic rings. The van der Waals surface area contributed by atoms with Crippen molar-refractivity contribution in [3.63, 3.8) is 0 Å². The molecule has 0 aliphatic heterocycles. The van der Waals surface area contributed by atoms with Crippen LogP contribution in [0.3, 0.4) is 0 Å². The van der Waals surface area contributed by atoms with E-state index in [0.29, 0.717) is 29.5 Å². The van der Waals surface area contributed by atoms with E-state index in [9.17, 15) is 0 Å². The third-order valence-electron chi connectivity index (χ3n) is 2.89. The Morgan fingerprint density at radius 2 is 2.17 bits per heavy atom. The van der Waals surface area contributed by atoms with Gasteiger partial charge < -0.3 is 11.1 Å². The van der Waals surface area contributed by atoms with Crippen molar-refractivity contribution in [1.82, 2.24) is 14.8 Å². The molecule has 1 heterocycles. The van der Waals surface area contributed by atoms with Gasteiger partial charge in [0.15, 0.2) is 0 Å². The standard InChI is InChI=1S/C12H14ClN5/c13-10-4-2-1-3-8(10)7-18-11(14)16-12(17-18)15-9-5-6-9/h1-4,9H,5-7H2,(H3,14,15,16,17). The first-order chi connectivity index (χ1) is 8.72. The number of benzene rings is 1. The lowest BCUT2D eigenvalue weighted by Crippen LogP contribution is -2.07. The van der Waals surface area contributed by atoms with E-state index in [2.05, 4.69) is 15.4 Å². The number of rotatable bonds is 4. The van der Waals surface area contributed by atoms with Crippen LogP contribution in [0.4, 0.5) is 11.9 Å². The SMILES string of the molecule is Nc1nc(NC2CC2)nn1Cc1ccccc1Cl. The number of hydrogen-bond acceptors (Lipinski definition) is 4. The molecule has 2 aromatic rings. The minimum absolute atomic E-state index is 0.401. The first-order valence-corrected chi connectivity index (χ1v) is 6.30. The first-order valence-electron chi connectivity index (χ1n) is 5.92. The van der Waals surface area contributed by atoms with Gasteiger partial charge in [0.2, 0.25) is 11.9 Å². The van der Waals surface area contributed by atoms with Crippen LogP contribution in [0.5, 0.6) is 0 Å². The maximum absolute atomic E-state index is 6.11. The van der Waals surface area contributed by atoms with Gasteiger partial charge in [0.05, 0.1) is 6.54 Å². The fourth-order valence-electron chi connectivity index (χ4n) is 1.73. The largest absolute Gasteiger partial charge is 0.368 e. The summed E-state index contributed by atoms with van der Waals surface area (Å²) in [5.41, 5.74) is 6.82.